The van der Waals surface area contributed by atoms with Gasteiger partial charge in [-0.3, -0.25) is 9.59 Å². The molecule has 0 aromatic rings. The number of carbonyl (C=O) groups is 2. The molecule has 5 heteroatoms. The largest absolute Gasteiger partial charge is 0.481 e. The molecule has 0 heterocycles. The summed E-state index contributed by atoms with van der Waals surface area (Å²) in [6.07, 6.45) is 0. The summed E-state index contributed by atoms with van der Waals surface area (Å²) in [6.45, 7) is 1.34. The molecule has 0 radical (unpaired) electrons. The van der Waals surface area contributed by atoms with Crippen molar-refractivity contribution in [1.29, 1.82) is 0 Å². The number of rotatable bonds is 2. The van der Waals surface area contributed by atoms with Crippen LogP contribution in [0.5, 0.6) is 0 Å². The zero-order valence-corrected chi connectivity index (χ0v) is 5.70. The molecule has 0 rings (SSSR count). The van der Waals surface area contributed by atoms with Crippen molar-refractivity contribution in [1.82, 2.24) is 0 Å². The maximum atomic E-state index is 10.0. The summed E-state index contributed by atoms with van der Waals surface area (Å²) in [5.41, 5.74) is 0. The third-order valence-electron chi connectivity index (χ3n) is 0.399. The summed E-state index contributed by atoms with van der Waals surface area (Å²) < 4.78 is 0. The third-order valence-corrected chi connectivity index (χ3v) is 1.20. The lowest BCUT2D eigenvalue weighted by Gasteiger charge is -1.85. The molecule has 0 saturated carbocycles. The van der Waals surface area contributed by atoms with Crippen molar-refractivity contribution in [3.63, 3.8) is 0 Å². The minimum absolute atomic E-state index is 0. The van der Waals surface area contributed by atoms with E-state index in [0.717, 1.165) is 11.8 Å². The summed E-state index contributed by atoms with van der Waals surface area (Å²) in [7, 11) is 0. The average Bonchev–Trinajstić information content (AvgIpc) is 1.61. The molecular weight excluding hydrogens is 144 g/mol. The highest BCUT2D eigenvalue weighted by molar-refractivity contribution is 8.14. The first-order valence-electron chi connectivity index (χ1n) is 1.98. The minimum atomic E-state index is -0.954. The molecular formula is C4H8O4S. The van der Waals surface area contributed by atoms with Crippen LogP contribution < -0.4 is 0 Å². The van der Waals surface area contributed by atoms with E-state index in [1.54, 1.807) is 0 Å². The Morgan fingerprint density at radius 2 is 2.00 bits per heavy atom. The Bertz CT molecular complexity index is 97.1. The summed E-state index contributed by atoms with van der Waals surface area (Å²) in [6, 6.07) is 0. The predicted molar refractivity (Wildman–Crippen MR) is 34.4 cm³/mol. The van der Waals surface area contributed by atoms with Gasteiger partial charge < -0.3 is 10.6 Å². The highest BCUT2D eigenvalue weighted by atomic mass is 32.2. The van der Waals surface area contributed by atoms with Crippen LogP contribution in [0, 0.1) is 0 Å². The Morgan fingerprint density at radius 3 is 2.11 bits per heavy atom. The number of carboxylic acid groups (broad SMARTS) is 1. The van der Waals surface area contributed by atoms with E-state index < -0.39 is 5.97 Å². The van der Waals surface area contributed by atoms with Crippen LogP contribution >= 0.6 is 11.8 Å². The molecule has 0 saturated heterocycles. The van der Waals surface area contributed by atoms with Gasteiger partial charge in [-0.15, -0.1) is 0 Å². The van der Waals surface area contributed by atoms with Crippen LogP contribution in [-0.2, 0) is 9.59 Å². The molecule has 0 aliphatic heterocycles. The van der Waals surface area contributed by atoms with Gasteiger partial charge in [-0.25, -0.2) is 0 Å². The summed E-state index contributed by atoms with van der Waals surface area (Å²) in [5, 5.41) is 7.83. The zero-order valence-electron chi connectivity index (χ0n) is 4.88. The molecule has 0 spiro atoms. The smallest absolute Gasteiger partial charge is 0.313 e. The van der Waals surface area contributed by atoms with Crippen LogP contribution in [0.2, 0.25) is 0 Å². The van der Waals surface area contributed by atoms with E-state index in [-0.39, 0.29) is 16.3 Å². The molecule has 0 unspecified atom stereocenters. The van der Waals surface area contributed by atoms with Crippen molar-refractivity contribution in [3.8, 4) is 0 Å². The second-order valence-electron chi connectivity index (χ2n) is 1.17. The van der Waals surface area contributed by atoms with Gasteiger partial charge in [-0.2, -0.15) is 0 Å². The number of thioether (sulfide) groups is 1. The fourth-order valence-electron chi connectivity index (χ4n) is 0.163. The number of carbonyl (C=O) groups excluding carboxylic acids is 1. The van der Waals surface area contributed by atoms with E-state index in [2.05, 4.69) is 0 Å². The molecule has 9 heavy (non-hydrogen) atoms. The van der Waals surface area contributed by atoms with E-state index in [0.29, 0.717) is 0 Å². The van der Waals surface area contributed by atoms with Crippen LogP contribution in [0.25, 0.3) is 0 Å². The third kappa shape index (κ3) is 11.2. The molecule has 54 valence electrons. The van der Waals surface area contributed by atoms with Gasteiger partial charge in [0.2, 0.25) is 0 Å². The summed E-state index contributed by atoms with van der Waals surface area (Å²) >= 11 is 0.801. The van der Waals surface area contributed by atoms with Gasteiger partial charge in [0.05, 0.1) is 5.75 Å². The van der Waals surface area contributed by atoms with Gasteiger partial charge in [0, 0.05) is 6.92 Å². The standard InChI is InChI=1S/C4H6O3S.H2O/c1-3(5)8-2-4(6)7;/h2H2,1H3,(H,6,7);1H2. The lowest BCUT2D eigenvalue weighted by Crippen LogP contribution is -1.99. The van der Waals surface area contributed by atoms with E-state index in [4.69, 9.17) is 5.11 Å². The van der Waals surface area contributed by atoms with Crippen molar-refractivity contribution in [3.05, 3.63) is 0 Å². The molecule has 0 fully saturated rings. The van der Waals surface area contributed by atoms with Gasteiger partial charge in [0.1, 0.15) is 0 Å². The Balaban J connectivity index is 0. The van der Waals surface area contributed by atoms with Crippen LogP contribution in [0.3, 0.4) is 0 Å². The minimum Gasteiger partial charge on any atom is -0.481 e. The van der Waals surface area contributed by atoms with Crippen molar-refractivity contribution < 1.29 is 20.2 Å². The summed E-state index contributed by atoms with van der Waals surface area (Å²) in [5.74, 6) is -1.08. The SMILES string of the molecule is CC(=O)SCC(=O)O.O. The van der Waals surface area contributed by atoms with Crippen LogP contribution in [-0.4, -0.2) is 27.4 Å². The zero-order chi connectivity index (χ0) is 6.57. The molecule has 4 nitrogen and oxygen atoms in total. The maximum Gasteiger partial charge on any atom is 0.313 e. The van der Waals surface area contributed by atoms with Gasteiger partial charge >= 0.3 is 5.97 Å². The highest BCUT2D eigenvalue weighted by Gasteiger charge is 1.98. The van der Waals surface area contributed by atoms with E-state index in [1.165, 1.54) is 6.92 Å². The van der Waals surface area contributed by atoms with Gasteiger partial charge in [-0.05, 0) is 0 Å². The Labute approximate surface area is 56.6 Å². The van der Waals surface area contributed by atoms with Gasteiger partial charge in [0.25, 0.3) is 0 Å². The lowest BCUT2D eigenvalue weighted by molar-refractivity contribution is -0.134. The first-order chi connectivity index (χ1) is 3.63. The highest BCUT2D eigenvalue weighted by Crippen LogP contribution is 1.98. The molecule has 0 bridgehead atoms. The quantitative estimate of drug-likeness (QED) is 0.579. The molecule has 0 atom stereocenters. The Kier molecular flexibility index (Phi) is 6.99. The van der Waals surface area contributed by atoms with Gasteiger partial charge in [-0.1, -0.05) is 11.8 Å². The fraction of sp³-hybridized carbons (Fsp3) is 0.500. The van der Waals surface area contributed by atoms with Crippen LogP contribution in [0.4, 0.5) is 0 Å². The van der Waals surface area contributed by atoms with Crippen molar-refractivity contribution in [2.45, 2.75) is 6.92 Å². The average molecular weight is 152 g/mol. The molecule has 0 amide bonds. The van der Waals surface area contributed by atoms with Crippen LogP contribution in [0.1, 0.15) is 6.92 Å². The molecule has 3 N–H and O–H groups in total. The first-order valence-corrected chi connectivity index (χ1v) is 2.96. The van der Waals surface area contributed by atoms with Gasteiger partial charge in [0.15, 0.2) is 5.12 Å². The second-order valence-corrected chi connectivity index (χ2v) is 2.33. The van der Waals surface area contributed by atoms with E-state index in [9.17, 15) is 9.59 Å². The van der Waals surface area contributed by atoms with Crippen LogP contribution in [0.15, 0.2) is 0 Å². The van der Waals surface area contributed by atoms with Crippen molar-refractivity contribution in [2.24, 2.45) is 0 Å². The maximum absolute atomic E-state index is 10.0. The molecule has 0 aliphatic carbocycles. The molecule has 0 aromatic heterocycles. The van der Waals surface area contributed by atoms with E-state index >= 15 is 0 Å². The van der Waals surface area contributed by atoms with Crippen molar-refractivity contribution >= 4 is 22.8 Å². The number of hydrogen-bond donors (Lipinski definition) is 1. The topological polar surface area (TPSA) is 85.9 Å². The van der Waals surface area contributed by atoms with E-state index in [1.807, 2.05) is 0 Å². The lowest BCUT2D eigenvalue weighted by atomic mass is 10.8. The fourth-order valence-corrected chi connectivity index (χ4v) is 0.490. The number of hydrogen-bond acceptors (Lipinski definition) is 3. The predicted octanol–water partition coefficient (Wildman–Crippen LogP) is -0.474. The monoisotopic (exact) mass is 152 g/mol. The van der Waals surface area contributed by atoms with Crippen molar-refractivity contribution in [2.75, 3.05) is 5.75 Å². The number of aliphatic carboxylic acids is 1. The first kappa shape index (κ1) is 11.3. The summed E-state index contributed by atoms with van der Waals surface area (Å²) in [4.78, 5) is 19.8. The molecule has 0 aromatic carbocycles. The Morgan fingerprint density at radius 1 is 1.56 bits per heavy atom. The second kappa shape index (κ2) is 5.58. The Hall–Kier alpha value is -0.550. The number of carboxylic acids is 1. The molecule has 0 aliphatic rings. The normalized spacial score (nSPS) is 7.67.